The van der Waals surface area contributed by atoms with Crippen molar-refractivity contribution in [3.8, 4) is 0 Å². The molecule has 1 fully saturated rings. The molecule has 0 aromatic heterocycles. The van der Waals surface area contributed by atoms with Gasteiger partial charge in [-0.3, -0.25) is 0 Å². The van der Waals surface area contributed by atoms with Crippen molar-refractivity contribution in [2.75, 3.05) is 26.7 Å². The Bertz CT molecular complexity index is 379. The summed E-state index contributed by atoms with van der Waals surface area (Å²) in [7, 11) is -1.68. The maximum absolute atomic E-state index is 12.0. The van der Waals surface area contributed by atoms with Crippen LogP contribution in [-0.2, 0) is 10.2 Å². The minimum Gasteiger partial charge on any atom is -0.314 e. The topological polar surface area (TPSA) is 61.4 Å². The molecule has 0 bridgehead atoms. The first-order chi connectivity index (χ1) is 8.65. The molecule has 1 atom stereocenters. The lowest BCUT2D eigenvalue weighted by Gasteiger charge is -2.18. The summed E-state index contributed by atoms with van der Waals surface area (Å²) in [5, 5.41) is 3.28. The highest BCUT2D eigenvalue weighted by Gasteiger charge is 2.45. The zero-order chi connectivity index (χ0) is 14.7. The molecule has 0 radical (unpaired) electrons. The predicted molar refractivity (Wildman–Crippen MR) is 79.2 cm³/mol. The lowest BCUT2D eigenvalue weighted by atomic mass is 10.1. The molecule has 0 heterocycles. The second-order valence-corrected chi connectivity index (χ2v) is 8.39. The Morgan fingerprint density at radius 3 is 2.42 bits per heavy atom. The van der Waals surface area contributed by atoms with Crippen LogP contribution in [0, 0.1) is 11.3 Å². The molecule has 19 heavy (non-hydrogen) atoms. The molecule has 0 saturated heterocycles. The van der Waals surface area contributed by atoms with Crippen LogP contribution in [0.2, 0.25) is 0 Å². The molecule has 0 amide bonds. The van der Waals surface area contributed by atoms with Gasteiger partial charge in [-0.2, -0.15) is 12.7 Å². The van der Waals surface area contributed by atoms with E-state index in [2.05, 4.69) is 37.7 Å². The summed E-state index contributed by atoms with van der Waals surface area (Å²) >= 11 is 0. The van der Waals surface area contributed by atoms with E-state index in [-0.39, 0.29) is 0 Å². The Hall–Kier alpha value is -0.170. The molecule has 0 aromatic carbocycles. The Kier molecular flexibility index (Phi) is 5.79. The van der Waals surface area contributed by atoms with Crippen LogP contribution in [0.3, 0.4) is 0 Å². The quantitative estimate of drug-likeness (QED) is 0.627. The third kappa shape index (κ3) is 5.77. The number of rotatable bonds is 9. The number of nitrogens with one attached hydrogen (secondary N) is 2. The molecule has 1 saturated carbocycles. The Labute approximate surface area is 118 Å². The number of hydrogen-bond acceptors (Lipinski definition) is 3. The van der Waals surface area contributed by atoms with Crippen molar-refractivity contribution in [3.05, 3.63) is 0 Å². The molecule has 0 aliphatic heterocycles. The molecule has 1 unspecified atom stereocenters. The lowest BCUT2D eigenvalue weighted by Crippen LogP contribution is -2.40. The van der Waals surface area contributed by atoms with Crippen LogP contribution in [0.15, 0.2) is 0 Å². The van der Waals surface area contributed by atoms with Gasteiger partial charge in [0.1, 0.15) is 0 Å². The molecular weight excluding hydrogens is 262 g/mol. The normalized spacial score (nSPS) is 22.2. The fourth-order valence-corrected chi connectivity index (χ4v) is 3.05. The summed E-state index contributed by atoms with van der Waals surface area (Å²) in [6.07, 6.45) is 1.93. The van der Waals surface area contributed by atoms with E-state index in [4.69, 9.17) is 0 Å². The van der Waals surface area contributed by atoms with E-state index in [1.807, 2.05) is 0 Å². The Balaban J connectivity index is 2.23. The maximum atomic E-state index is 12.0. The van der Waals surface area contributed by atoms with E-state index < -0.39 is 10.2 Å². The van der Waals surface area contributed by atoms with Crippen LogP contribution in [0.1, 0.15) is 40.5 Å². The number of hydrogen-bond donors (Lipinski definition) is 2. The average Bonchev–Trinajstić information content (AvgIpc) is 2.89. The van der Waals surface area contributed by atoms with Gasteiger partial charge < -0.3 is 5.32 Å². The first-order valence-electron chi connectivity index (χ1n) is 7.09. The van der Waals surface area contributed by atoms with Crippen molar-refractivity contribution in [1.29, 1.82) is 0 Å². The average molecular weight is 291 g/mol. The van der Waals surface area contributed by atoms with E-state index in [9.17, 15) is 8.42 Å². The summed E-state index contributed by atoms with van der Waals surface area (Å²) in [6.45, 7) is 10.5. The van der Waals surface area contributed by atoms with Crippen molar-refractivity contribution >= 4 is 10.2 Å². The second kappa shape index (κ2) is 6.52. The van der Waals surface area contributed by atoms with Gasteiger partial charge in [-0.25, -0.2) is 4.72 Å². The zero-order valence-corrected chi connectivity index (χ0v) is 13.7. The first-order valence-corrected chi connectivity index (χ1v) is 8.53. The van der Waals surface area contributed by atoms with E-state index in [0.29, 0.717) is 30.5 Å². The van der Waals surface area contributed by atoms with E-state index in [1.54, 1.807) is 7.05 Å². The molecule has 1 rings (SSSR count). The van der Waals surface area contributed by atoms with Crippen LogP contribution < -0.4 is 10.0 Å². The highest BCUT2D eigenvalue weighted by molar-refractivity contribution is 7.87. The van der Waals surface area contributed by atoms with Crippen LogP contribution in [0.25, 0.3) is 0 Å². The number of nitrogens with zero attached hydrogens (tertiary/aromatic N) is 1. The van der Waals surface area contributed by atoms with Gasteiger partial charge in [0.15, 0.2) is 0 Å². The lowest BCUT2D eigenvalue weighted by molar-refractivity contribution is 0.435. The van der Waals surface area contributed by atoms with Crippen molar-refractivity contribution in [3.63, 3.8) is 0 Å². The maximum Gasteiger partial charge on any atom is 0.279 e. The van der Waals surface area contributed by atoms with Gasteiger partial charge in [0.25, 0.3) is 10.2 Å². The van der Waals surface area contributed by atoms with E-state index in [1.165, 1.54) is 4.31 Å². The molecule has 5 nitrogen and oxygen atoms in total. The van der Waals surface area contributed by atoms with Crippen molar-refractivity contribution in [2.45, 2.75) is 46.6 Å². The minimum atomic E-state index is -3.31. The van der Waals surface area contributed by atoms with Gasteiger partial charge in [-0.15, -0.1) is 0 Å². The van der Waals surface area contributed by atoms with E-state index in [0.717, 1.165) is 19.4 Å². The second-order valence-electron chi connectivity index (χ2n) is 6.53. The molecule has 1 aliphatic rings. The van der Waals surface area contributed by atoms with Crippen LogP contribution >= 0.6 is 0 Å². The fourth-order valence-electron chi connectivity index (χ4n) is 2.05. The van der Waals surface area contributed by atoms with Crippen LogP contribution in [-0.4, -0.2) is 45.4 Å². The fraction of sp³-hybridized carbons (Fsp3) is 1.00. The minimum absolute atomic E-state index is 0.308. The first kappa shape index (κ1) is 16.9. The van der Waals surface area contributed by atoms with Crippen molar-refractivity contribution in [2.24, 2.45) is 11.3 Å². The molecular formula is C13H29N3O2S. The van der Waals surface area contributed by atoms with Gasteiger partial charge >= 0.3 is 0 Å². The van der Waals surface area contributed by atoms with Gasteiger partial charge in [0, 0.05) is 26.2 Å². The molecule has 6 heteroatoms. The van der Waals surface area contributed by atoms with Crippen molar-refractivity contribution < 1.29 is 8.42 Å². The standard InChI is InChI=1S/C13H29N3O2S/c1-11(2)14-7-6-8-16(5)19(17,18)15-10-12-9-13(12,3)4/h11-12,14-15H,6-10H2,1-5H3. The molecule has 0 spiro atoms. The smallest absolute Gasteiger partial charge is 0.279 e. The Morgan fingerprint density at radius 1 is 1.37 bits per heavy atom. The monoisotopic (exact) mass is 291 g/mol. The van der Waals surface area contributed by atoms with Gasteiger partial charge in [0.2, 0.25) is 0 Å². The largest absolute Gasteiger partial charge is 0.314 e. The Morgan fingerprint density at radius 2 is 1.95 bits per heavy atom. The third-order valence-electron chi connectivity index (χ3n) is 3.84. The molecule has 1 aliphatic carbocycles. The zero-order valence-electron chi connectivity index (χ0n) is 12.9. The van der Waals surface area contributed by atoms with Gasteiger partial charge in [0.05, 0.1) is 0 Å². The summed E-state index contributed by atoms with van der Waals surface area (Å²) in [4.78, 5) is 0. The third-order valence-corrected chi connectivity index (χ3v) is 5.38. The summed E-state index contributed by atoms with van der Waals surface area (Å²) in [5.74, 6) is 0.485. The van der Waals surface area contributed by atoms with E-state index >= 15 is 0 Å². The molecule has 2 N–H and O–H groups in total. The molecule has 0 aromatic rings. The summed E-state index contributed by atoms with van der Waals surface area (Å²) < 4.78 is 28.1. The van der Waals surface area contributed by atoms with Crippen LogP contribution in [0.4, 0.5) is 0 Å². The SMILES string of the molecule is CC(C)NCCCN(C)S(=O)(=O)NCC1CC1(C)C. The highest BCUT2D eigenvalue weighted by atomic mass is 32.2. The summed E-state index contributed by atoms with van der Waals surface area (Å²) in [6, 6.07) is 0.442. The van der Waals surface area contributed by atoms with Crippen LogP contribution in [0.5, 0.6) is 0 Å². The van der Waals surface area contributed by atoms with Crippen molar-refractivity contribution in [1.82, 2.24) is 14.3 Å². The summed E-state index contributed by atoms with van der Waals surface area (Å²) in [5.41, 5.74) is 0.308. The molecule has 114 valence electrons. The predicted octanol–water partition coefficient (Wildman–Crippen LogP) is 1.19. The highest BCUT2D eigenvalue weighted by Crippen LogP contribution is 2.51. The van der Waals surface area contributed by atoms with Gasteiger partial charge in [-0.05, 0) is 30.7 Å². The van der Waals surface area contributed by atoms with Gasteiger partial charge in [-0.1, -0.05) is 27.7 Å².